The van der Waals surface area contributed by atoms with Gasteiger partial charge in [-0.3, -0.25) is 0 Å². The zero-order chi connectivity index (χ0) is 47.7. The van der Waals surface area contributed by atoms with Gasteiger partial charge in [-0.05, 0) is 78.2 Å². The van der Waals surface area contributed by atoms with E-state index in [-0.39, 0.29) is 101 Å². The minimum absolute atomic E-state index is 0. The van der Waals surface area contributed by atoms with Gasteiger partial charge in [0.25, 0.3) is 0 Å². The summed E-state index contributed by atoms with van der Waals surface area (Å²) in [4.78, 5) is 21.4. The van der Waals surface area contributed by atoms with Crippen LogP contribution in [0, 0.1) is 51.1 Å². The number of nitrogens with zero attached hydrogens (tertiary/aromatic N) is 5. The van der Waals surface area contributed by atoms with Crippen molar-refractivity contribution in [3.63, 3.8) is 0 Å². The fourth-order valence-corrected chi connectivity index (χ4v) is 6.75. The molecule has 0 atom stereocenters. The normalized spacial score (nSPS) is 9.28. The number of benzene rings is 6. The average Bonchev–Trinajstić information content (AvgIpc) is 3.44. The maximum atomic E-state index is 4.35. The number of aryl methyl sites for hydroxylation is 3. The van der Waals surface area contributed by atoms with Crippen LogP contribution in [0.2, 0.25) is 0 Å². The summed E-state index contributed by atoms with van der Waals surface area (Å²) < 4.78 is 0. The summed E-state index contributed by atoms with van der Waals surface area (Å²) in [6.07, 6.45) is 9.02. The molecule has 5 heterocycles. The van der Waals surface area contributed by atoms with Gasteiger partial charge in [-0.15, -0.1) is 178 Å². The predicted molar refractivity (Wildman–Crippen MR) is 282 cm³/mol. The molecule has 0 fully saturated rings. The molecule has 5 nitrogen and oxygen atoms in total. The smallest absolute Gasteiger partial charge is 0.0163 e. The molecule has 11 aromatic rings. The third-order valence-electron chi connectivity index (χ3n) is 10.3. The van der Waals surface area contributed by atoms with Crippen LogP contribution in [0.4, 0.5) is 0 Å². The van der Waals surface area contributed by atoms with E-state index in [0.29, 0.717) is 0 Å². The first-order chi connectivity index (χ1) is 34.0. The van der Waals surface area contributed by atoms with Crippen molar-refractivity contribution in [3.8, 4) is 67.4 Å². The van der Waals surface area contributed by atoms with Crippen molar-refractivity contribution in [1.29, 1.82) is 0 Å². The Morgan fingerprint density at radius 2 is 0.757 bits per heavy atom. The van der Waals surface area contributed by atoms with Crippen LogP contribution in [0.25, 0.3) is 67.4 Å². The van der Waals surface area contributed by atoms with E-state index in [4.69, 9.17) is 0 Å². The first kappa shape index (κ1) is 64.4. The number of hydrogen-bond donors (Lipinski definition) is 0. The van der Waals surface area contributed by atoms with Crippen LogP contribution in [-0.4, -0.2) is 24.9 Å². The molecule has 5 aromatic heterocycles. The first-order valence-electron chi connectivity index (χ1n) is 22.5. The largest absolute Gasteiger partial charge is 0.305 e. The van der Waals surface area contributed by atoms with Crippen molar-refractivity contribution < 1.29 is 101 Å². The van der Waals surface area contributed by atoms with E-state index in [1.807, 2.05) is 188 Å². The van der Waals surface area contributed by atoms with Gasteiger partial charge in [0.2, 0.25) is 0 Å². The molecule has 11 rings (SSSR count). The Kier molecular flexibility index (Phi) is 31.6. The van der Waals surface area contributed by atoms with Crippen molar-refractivity contribution in [2.75, 3.05) is 0 Å². The Balaban J connectivity index is 0.000000314. The molecule has 0 amide bonds. The number of hydrogen-bond acceptors (Lipinski definition) is 5. The van der Waals surface area contributed by atoms with Gasteiger partial charge < -0.3 is 24.9 Å². The van der Waals surface area contributed by atoms with E-state index < -0.39 is 0 Å². The van der Waals surface area contributed by atoms with E-state index in [2.05, 4.69) is 118 Å². The van der Waals surface area contributed by atoms with Gasteiger partial charge >= 0.3 is 0 Å². The molecule has 6 aromatic carbocycles. The number of pyridine rings is 5. The Bertz CT molecular complexity index is 3070. The Labute approximate surface area is 505 Å². The van der Waals surface area contributed by atoms with Gasteiger partial charge in [-0.1, -0.05) is 96.9 Å². The van der Waals surface area contributed by atoms with Crippen LogP contribution in [0.15, 0.2) is 249 Å². The standard InChI is InChI=1S/C17H12N.3C12H10N.C11H8N.5Ir/c1-2-7-14(8-3-1)15-9-6-10-16(13-15)17-11-4-5-12-18-17;1-10-5-7-11(8-6-10)12-4-2-3-9-13-12;1-10-6-5-9-13-12(10)11-7-3-2-4-8-11;1-10-7-8-13-12(9-10)11-5-3-2-4-6-11;1-2-6-10(7-3-1)11-8-4-5-9-12-11;;;;;/h1-9,11-13H;2*2-7,9H,1H3;2-5,7-9H,1H3;1-6,8-9H;;;;;/q5*-1;;;;;. The van der Waals surface area contributed by atoms with Crippen LogP contribution < -0.4 is 0 Å². The summed E-state index contributed by atoms with van der Waals surface area (Å²) in [7, 11) is 0. The molecule has 0 aliphatic rings. The SMILES string of the molecule is Cc1c[c-]c(-c2ccccn2)cc1.Cc1cccnc1-c1[c-]cccc1.Cc1ccnc(-c2[c-]cccc2)c1.[Ir].[Ir].[Ir].[Ir].[Ir].[c-]1ccc(-c2ccccc2)cc1-c1ccccn1.[c-]1ccccc1-c1ccccn1. The zero-order valence-electron chi connectivity index (χ0n) is 40.6. The summed E-state index contributed by atoms with van der Waals surface area (Å²) >= 11 is 0. The molecule has 74 heavy (non-hydrogen) atoms. The summed E-state index contributed by atoms with van der Waals surface area (Å²) in [5.41, 5.74) is 16.2. The van der Waals surface area contributed by atoms with Crippen LogP contribution in [0.1, 0.15) is 16.7 Å². The Hall–Kier alpha value is -5.68. The second kappa shape index (κ2) is 36.3. The molecule has 0 saturated carbocycles. The van der Waals surface area contributed by atoms with Crippen LogP contribution in [-0.2, 0) is 101 Å². The molecule has 0 bridgehead atoms. The van der Waals surface area contributed by atoms with E-state index in [1.165, 1.54) is 27.8 Å². The molecular formula is C64H50Ir5N5-5. The quantitative estimate of drug-likeness (QED) is 0.155. The third kappa shape index (κ3) is 21.3. The van der Waals surface area contributed by atoms with Gasteiger partial charge in [0, 0.05) is 132 Å². The molecule has 0 unspecified atom stereocenters. The van der Waals surface area contributed by atoms with Gasteiger partial charge in [-0.25, -0.2) is 0 Å². The molecule has 5 radical (unpaired) electrons. The average molecular weight is 1850 g/mol. The molecule has 0 spiro atoms. The molecule has 381 valence electrons. The summed E-state index contributed by atoms with van der Waals surface area (Å²) in [5, 5.41) is 0. The van der Waals surface area contributed by atoms with E-state index in [9.17, 15) is 0 Å². The third-order valence-corrected chi connectivity index (χ3v) is 10.3. The number of rotatable bonds is 6. The van der Waals surface area contributed by atoms with Gasteiger partial charge in [0.05, 0.1) is 0 Å². The Morgan fingerprint density at radius 1 is 0.284 bits per heavy atom. The van der Waals surface area contributed by atoms with E-state index in [1.54, 1.807) is 18.6 Å². The second-order valence-corrected chi connectivity index (χ2v) is 15.5. The van der Waals surface area contributed by atoms with Crippen LogP contribution in [0.5, 0.6) is 0 Å². The predicted octanol–water partition coefficient (Wildman–Crippen LogP) is 15.3. The monoisotopic (exact) mass is 1850 g/mol. The first-order valence-corrected chi connectivity index (χ1v) is 22.5. The Morgan fingerprint density at radius 3 is 1.24 bits per heavy atom. The van der Waals surface area contributed by atoms with Gasteiger partial charge in [-0.2, -0.15) is 0 Å². The fourth-order valence-electron chi connectivity index (χ4n) is 6.75. The van der Waals surface area contributed by atoms with E-state index >= 15 is 0 Å². The van der Waals surface area contributed by atoms with Crippen LogP contribution in [0.3, 0.4) is 0 Å². The topological polar surface area (TPSA) is 64.5 Å². The molecule has 0 saturated heterocycles. The van der Waals surface area contributed by atoms with Gasteiger partial charge in [0.1, 0.15) is 0 Å². The van der Waals surface area contributed by atoms with Crippen molar-refractivity contribution in [2.24, 2.45) is 0 Å². The molecule has 0 aliphatic heterocycles. The maximum Gasteiger partial charge on any atom is 0.0163 e. The summed E-state index contributed by atoms with van der Waals surface area (Å²) in [6.45, 7) is 6.18. The summed E-state index contributed by atoms with van der Waals surface area (Å²) in [5.74, 6) is 0. The zero-order valence-corrected chi connectivity index (χ0v) is 52.5. The number of aromatic nitrogens is 5. The van der Waals surface area contributed by atoms with Crippen LogP contribution >= 0.6 is 0 Å². The van der Waals surface area contributed by atoms with Gasteiger partial charge in [0.15, 0.2) is 0 Å². The summed E-state index contributed by atoms with van der Waals surface area (Å²) in [6, 6.07) is 87.7. The minimum atomic E-state index is 0. The fraction of sp³-hybridized carbons (Fsp3) is 0.0469. The molecule has 0 aliphatic carbocycles. The van der Waals surface area contributed by atoms with E-state index in [0.717, 1.165) is 56.3 Å². The molecular weight excluding hydrogens is 1800 g/mol. The maximum absolute atomic E-state index is 4.35. The minimum Gasteiger partial charge on any atom is -0.305 e. The van der Waals surface area contributed by atoms with Crippen molar-refractivity contribution in [1.82, 2.24) is 24.9 Å². The molecule has 10 heteroatoms. The van der Waals surface area contributed by atoms with Crippen molar-refractivity contribution >= 4 is 0 Å². The molecule has 0 N–H and O–H groups in total. The second-order valence-electron chi connectivity index (χ2n) is 15.5. The van der Waals surface area contributed by atoms with Crippen molar-refractivity contribution in [3.05, 3.63) is 296 Å². The van der Waals surface area contributed by atoms with Crippen molar-refractivity contribution in [2.45, 2.75) is 20.8 Å².